The summed E-state index contributed by atoms with van der Waals surface area (Å²) in [6, 6.07) is 0. The van der Waals surface area contributed by atoms with Crippen molar-refractivity contribution < 1.29 is 17.0 Å². The van der Waals surface area contributed by atoms with E-state index in [1.165, 1.54) is 5.84 Å². The molecular weight excluding hydrogens is 332 g/mol. The lowest BCUT2D eigenvalue weighted by Gasteiger charge is -2.42. The van der Waals surface area contributed by atoms with Crippen LogP contribution in [0.3, 0.4) is 0 Å². The SMILES string of the molecule is CCN(CC)C(C(C)C(N(CC)CC)N(CC)CC)=[N+](CC)CC.[Cl-]. The molecule has 0 radical (unpaired) electrons. The molecule has 5 heteroatoms. The first-order valence-electron chi connectivity index (χ1n) is 10.3. The molecule has 0 aromatic heterocycles. The van der Waals surface area contributed by atoms with Crippen molar-refractivity contribution in [2.24, 2.45) is 5.92 Å². The standard InChI is InChI=1S/C20H45N4.ClH/c1-10-21(11-2)19(22(12-3)13-4)18(9)20(23(14-5)15-6)24(16-7)17-8;/h18-19H,10-17H2,1-9H3;1H/q+1;/p-1. The molecule has 0 aromatic rings. The highest BCUT2D eigenvalue weighted by Crippen LogP contribution is 2.20. The molecular formula is C20H45ClN4. The number of nitrogens with zero attached hydrogens (tertiary/aromatic N) is 4. The van der Waals surface area contributed by atoms with Gasteiger partial charge in [0.1, 0.15) is 0 Å². The second-order valence-electron chi connectivity index (χ2n) is 6.35. The highest BCUT2D eigenvalue weighted by atomic mass is 35.5. The van der Waals surface area contributed by atoms with Crippen molar-refractivity contribution in [1.29, 1.82) is 0 Å². The topological polar surface area (TPSA) is 12.7 Å². The molecule has 0 aliphatic heterocycles. The summed E-state index contributed by atoms with van der Waals surface area (Å²) >= 11 is 0. The number of halogens is 1. The largest absolute Gasteiger partial charge is 1.00 e. The molecule has 1 unspecified atom stereocenters. The second kappa shape index (κ2) is 14.8. The minimum Gasteiger partial charge on any atom is -1.00 e. The molecule has 0 saturated heterocycles. The highest BCUT2D eigenvalue weighted by Gasteiger charge is 2.37. The quantitative estimate of drug-likeness (QED) is 0.212. The van der Waals surface area contributed by atoms with Gasteiger partial charge in [-0.05, 0) is 60.8 Å². The van der Waals surface area contributed by atoms with Gasteiger partial charge in [0, 0.05) is 0 Å². The summed E-state index contributed by atoms with van der Waals surface area (Å²) in [6.45, 7) is 29.5. The van der Waals surface area contributed by atoms with E-state index in [0.717, 1.165) is 52.4 Å². The van der Waals surface area contributed by atoms with Gasteiger partial charge in [-0.25, -0.2) is 0 Å². The molecule has 25 heavy (non-hydrogen) atoms. The Labute approximate surface area is 164 Å². The Kier molecular flexibility index (Phi) is 15.9. The first kappa shape index (κ1) is 26.9. The zero-order valence-electron chi connectivity index (χ0n) is 18.5. The van der Waals surface area contributed by atoms with E-state index in [4.69, 9.17) is 0 Å². The second-order valence-corrected chi connectivity index (χ2v) is 6.35. The predicted octanol–water partition coefficient (Wildman–Crippen LogP) is 0.429. The summed E-state index contributed by atoms with van der Waals surface area (Å²) in [4.78, 5) is 7.83. The summed E-state index contributed by atoms with van der Waals surface area (Å²) < 4.78 is 2.57. The fourth-order valence-electron chi connectivity index (χ4n) is 4.06. The third-order valence-corrected chi connectivity index (χ3v) is 5.40. The van der Waals surface area contributed by atoms with Crippen molar-refractivity contribution >= 4 is 5.84 Å². The first-order chi connectivity index (χ1) is 11.5. The molecule has 152 valence electrons. The number of hydrogen-bond donors (Lipinski definition) is 0. The van der Waals surface area contributed by atoms with Crippen LogP contribution in [0.2, 0.25) is 0 Å². The van der Waals surface area contributed by atoms with E-state index in [1.54, 1.807) is 0 Å². The van der Waals surface area contributed by atoms with E-state index in [0.29, 0.717) is 12.1 Å². The molecule has 0 fully saturated rings. The molecule has 0 amide bonds. The van der Waals surface area contributed by atoms with Crippen LogP contribution >= 0.6 is 0 Å². The first-order valence-corrected chi connectivity index (χ1v) is 10.3. The Morgan fingerprint density at radius 3 is 1.28 bits per heavy atom. The van der Waals surface area contributed by atoms with E-state index < -0.39 is 0 Å². The summed E-state index contributed by atoms with van der Waals surface area (Å²) in [7, 11) is 0. The van der Waals surface area contributed by atoms with E-state index in [2.05, 4.69) is 81.6 Å². The Morgan fingerprint density at radius 2 is 1.04 bits per heavy atom. The zero-order valence-corrected chi connectivity index (χ0v) is 19.2. The molecule has 1 atom stereocenters. The molecule has 0 heterocycles. The van der Waals surface area contributed by atoms with Crippen LogP contribution in [-0.4, -0.2) is 83.6 Å². The van der Waals surface area contributed by atoms with Crippen LogP contribution < -0.4 is 12.4 Å². The van der Waals surface area contributed by atoms with Crippen LogP contribution in [0.1, 0.15) is 62.3 Å². The van der Waals surface area contributed by atoms with Gasteiger partial charge < -0.3 is 12.4 Å². The van der Waals surface area contributed by atoms with Gasteiger partial charge >= 0.3 is 0 Å². The van der Waals surface area contributed by atoms with Gasteiger partial charge in [-0.3, -0.25) is 19.3 Å². The summed E-state index contributed by atoms with van der Waals surface area (Å²) in [5.74, 6) is 2.01. The molecule has 0 aliphatic carbocycles. The maximum absolute atomic E-state index is 2.63. The van der Waals surface area contributed by atoms with Crippen molar-refractivity contribution in [2.75, 3.05) is 52.4 Å². The average molecular weight is 377 g/mol. The Bertz CT molecular complexity index is 330. The van der Waals surface area contributed by atoms with Gasteiger partial charge in [0.15, 0.2) is 0 Å². The number of amidine groups is 1. The fourth-order valence-corrected chi connectivity index (χ4v) is 4.06. The van der Waals surface area contributed by atoms with Crippen LogP contribution in [0, 0.1) is 5.92 Å². The molecule has 4 nitrogen and oxygen atoms in total. The van der Waals surface area contributed by atoms with Crippen LogP contribution in [0.25, 0.3) is 0 Å². The molecule has 0 aromatic carbocycles. The Morgan fingerprint density at radius 1 is 0.680 bits per heavy atom. The minimum atomic E-state index is 0. The normalized spacial score (nSPS) is 12.5. The van der Waals surface area contributed by atoms with Crippen LogP contribution in [0.15, 0.2) is 0 Å². The molecule has 0 N–H and O–H groups in total. The van der Waals surface area contributed by atoms with Crippen molar-refractivity contribution in [2.45, 2.75) is 68.5 Å². The zero-order chi connectivity index (χ0) is 18.7. The lowest BCUT2D eigenvalue weighted by Crippen LogP contribution is -3.00. The number of rotatable bonds is 12. The van der Waals surface area contributed by atoms with Crippen LogP contribution in [0.5, 0.6) is 0 Å². The summed E-state index contributed by atoms with van der Waals surface area (Å²) in [6.07, 6.45) is 0.464. The van der Waals surface area contributed by atoms with E-state index in [-0.39, 0.29) is 12.4 Å². The summed E-state index contributed by atoms with van der Waals surface area (Å²) in [5, 5.41) is 0. The molecule has 0 saturated carbocycles. The van der Waals surface area contributed by atoms with Crippen molar-refractivity contribution in [3.8, 4) is 0 Å². The van der Waals surface area contributed by atoms with Crippen LogP contribution in [-0.2, 0) is 0 Å². The van der Waals surface area contributed by atoms with Gasteiger partial charge in [-0.15, -0.1) is 0 Å². The van der Waals surface area contributed by atoms with E-state index in [1.807, 2.05) is 0 Å². The molecule has 0 rings (SSSR count). The lowest BCUT2D eigenvalue weighted by molar-refractivity contribution is -0.528. The van der Waals surface area contributed by atoms with Gasteiger partial charge in [-0.1, -0.05) is 27.7 Å². The maximum Gasteiger partial charge on any atom is 0.252 e. The van der Waals surface area contributed by atoms with Gasteiger partial charge in [0.05, 0.1) is 38.3 Å². The van der Waals surface area contributed by atoms with E-state index >= 15 is 0 Å². The number of hydrogen-bond acceptors (Lipinski definition) is 2. The van der Waals surface area contributed by atoms with E-state index in [9.17, 15) is 0 Å². The minimum absolute atomic E-state index is 0. The third-order valence-electron chi connectivity index (χ3n) is 5.40. The van der Waals surface area contributed by atoms with Gasteiger partial charge in [0.2, 0.25) is 0 Å². The molecule has 0 spiro atoms. The molecule has 0 aliphatic rings. The van der Waals surface area contributed by atoms with Crippen molar-refractivity contribution in [3.05, 3.63) is 0 Å². The Balaban J connectivity index is 0. The monoisotopic (exact) mass is 376 g/mol. The Hall–Kier alpha value is -0.320. The summed E-state index contributed by atoms with van der Waals surface area (Å²) in [5.41, 5.74) is 0. The van der Waals surface area contributed by atoms with Crippen LogP contribution in [0.4, 0.5) is 0 Å². The van der Waals surface area contributed by atoms with Crippen molar-refractivity contribution in [3.63, 3.8) is 0 Å². The smallest absolute Gasteiger partial charge is 0.252 e. The van der Waals surface area contributed by atoms with Gasteiger partial charge in [-0.2, -0.15) is 0 Å². The highest BCUT2D eigenvalue weighted by molar-refractivity contribution is 5.80. The third kappa shape index (κ3) is 7.07. The molecule has 0 bridgehead atoms. The van der Waals surface area contributed by atoms with Crippen molar-refractivity contribution in [1.82, 2.24) is 14.7 Å². The predicted molar refractivity (Wildman–Crippen MR) is 108 cm³/mol. The van der Waals surface area contributed by atoms with Gasteiger partial charge in [0.25, 0.3) is 5.84 Å². The fraction of sp³-hybridized carbons (Fsp3) is 0.950. The lowest BCUT2D eigenvalue weighted by atomic mass is 10.0. The average Bonchev–Trinajstić information content (AvgIpc) is 2.62. The maximum atomic E-state index is 2.63.